The Hall–Kier alpha value is -1.65. The summed E-state index contributed by atoms with van der Waals surface area (Å²) in [6.07, 6.45) is 0. The second-order valence-electron chi connectivity index (χ2n) is 4.36. The smallest absolute Gasteiger partial charge is 0.240 e. The number of hydrogen-bond acceptors (Lipinski definition) is 4. The molecule has 0 aliphatic heterocycles. The Morgan fingerprint density at radius 2 is 1.90 bits per heavy atom. The minimum Gasteiger partial charge on any atom is -0.384 e. The van der Waals surface area contributed by atoms with Crippen LogP contribution in [0.15, 0.2) is 41.3 Å². The van der Waals surface area contributed by atoms with Crippen molar-refractivity contribution in [3.63, 3.8) is 0 Å². The number of rotatable bonds is 4. The highest BCUT2D eigenvalue weighted by Gasteiger charge is 2.13. The first kappa shape index (κ1) is 15.7. The molecule has 21 heavy (non-hydrogen) atoms. The van der Waals surface area contributed by atoms with Crippen LogP contribution in [0.1, 0.15) is 15.3 Å². The molecule has 2 rings (SSSR count). The lowest BCUT2D eigenvalue weighted by Gasteiger charge is -2.05. The molecule has 110 valence electrons. The Bertz CT molecular complexity index is 765. The molecular weight excluding hydrogens is 306 g/mol. The largest absolute Gasteiger partial charge is 0.384 e. The maximum atomic E-state index is 12.1. The lowest BCUT2D eigenvalue weighted by molar-refractivity contribution is 0.350. The van der Waals surface area contributed by atoms with Crippen LogP contribution in [0.25, 0.3) is 0 Å². The SMILES string of the molecule is Cc1ccc(S(=O)(=O)NCc2ccc(C#CCO)s2)cc1. The van der Waals surface area contributed by atoms with E-state index in [9.17, 15) is 8.42 Å². The Labute approximate surface area is 128 Å². The summed E-state index contributed by atoms with van der Waals surface area (Å²) in [5.41, 5.74) is 1.01. The van der Waals surface area contributed by atoms with Gasteiger partial charge in [0.25, 0.3) is 0 Å². The molecule has 4 nitrogen and oxygen atoms in total. The lowest BCUT2D eigenvalue weighted by Crippen LogP contribution is -2.22. The van der Waals surface area contributed by atoms with Crippen molar-refractivity contribution in [2.45, 2.75) is 18.4 Å². The molecule has 0 aliphatic rings. The van der Waals surface area contributed by atoms with Gasteiger partial charge in [0.15, 0.2) is 0 Å². The molecule has 2 N–H and O–H groups in total. The first-order chi connectivity index (χ1) is 10.0. The number of aliphatic hydroxyl groups is 1. The Morgan fingerprint density at radius 1 is 1.19 bits per heavy atom. The molecule has 2 aromatic rings. The zero-order chi connectivity index (χ0) is 15.3. The van der Waals surface area contributed by atoms with E-state index in [0.717, 1.165) is 15.3 Å². The van der Waals surface area contributed by atoms with E-state index >= 15 is 0 Å². The molecular formula is C15H15NO3S2. The highest BCUT2D eigenvalue weighted by molar-refractivity contribution is 7.89. The maximum absolute atomic E-state index is 12.1. The standard InChI is InChI=1S/C15H15NO3S2/c1-12-4-8-15(9-5-12)21(18,19)16-11-14-7-6-13(20-14)3-2-10-17/h4-9,16-17H,10-11H2,1H3. The fourth-order valence-electron chi connectivity index (χ4n) is 1.63. The van der Waals surface area contributed by atoms with Gasteiger partial charge in [0, 0.05) is 11.4 Å². The average molecular weight is 321 g/mol. The van der Waals surface area contributed by atoms with E-state index < -0.39 is 10.0 Å². The molecule has 0 fully saturated rings. The van der Waals surface area contributed by atoms with Gasteiger partial charge in [0.1, 0.15) is 6.61 Å². The zero-order valence-corrected chi connectivity index (χ0v) is 13.1. The Kier molecular flexibility index (Phi) is 5.15. The van der Waals surface area contributed by atoms with Crippen LogP contribution in [0.3, 0.4) is 0 Å². The quantitative estimate of drug-likeness (QED) is 0.845. The van der Waals surface area contributed by atoms with Crippen LogP contribution >= 0.6 is 11.3 Å². The monoisotopic (exact) mass is 321 g/mol. The van der Waals surface area contributed by atoms with Crippen LogP contribution < -0.4 is 4.72 Å². The van der Waals surface area contributed by atoms with Crippen LogP contribution in [0.5, 0.6) is 0 Å². The first-order valence-corrected chi connectivity index (χ1v) is 8.56. The fraction of sp³-hybridized carbons (Fsp3) is 0.200. The predicted molar refractivity (Wildman–Crippen MR) is 83.5 cm³/mol. The summed E-state index contributed by atoms with van der Waals surface area (Å²) in [5, 5.41) is 8.63. The van der Waals surface area contributed by atoms with Gasteiger partial charge in [-0.25, -0.2) is 13.1 Å². The molecule has 1 aromatic carbocycles. The molecule has 1 heterocycles. The molecule has 0 unspecified atom stereocenters. The third-order valence-corrected chi connectivity index (χ3v) is 5.14. The maximum Gasteiger partial charge on any atom is 0.240 e. The van der Waals surface area contributed by atoms with Crippen molar-refractivity contribution in [1.82, 2.24) is 4.72 Å². The minimum absolute atomic E-state index is 0.187. The van der Waals surface area contributed by atoms with Crippen LogP contribution in [-0.2, 0) is 16.6 Å². The topological polar surface area (TPSA) is 66.4 Å². The van der Waals surface area contributed by atoms with Crippen molar-refractivity contribution in [2.75, 3.05) is 6.61 Å². The summed E-state index contributed by atoms with van der Waals surface area (Å²) in [4.78, 5) is 1.92. The Morgan fingerprint density at radius 3 is 2.57 bits per heavy atom. The number of benzene rings is 1. The van der Waals surface area contributed by atoms with E-state index in [-0.39, 0.29) is 18.0 Å². The van der Waals surface area contributed by atoms with Crippen LogP contribution in [0.4, 0.5) is 0 Å². The molecule has 0 aliphatic carbocycles. The van der Waals surface area contributed by atoms with E-state index in [0.29, 0.717) is 0 Å². The number of sulfonamides is 1. The fourth-order valence-corrected chi connectivity index (χ4v) is 3.55. The number of thiophene rings is 1. The van der Waals surface area contributed by atoms with Crippen molar-refractivity contribution in [1.29, 1.82) is 0 Å². The molecule has 6 heteroatoms. The molecule has 1 aromatic heterocycles. The molecule has 0 saturated carbocycles. The molecule has 0 atom stereocenters. The van der Waals surface area contributed by atoms with E-state index in [1.807, 2.05) is 19.1 Å². The van der Waals surface area contributed by atoms with Gasteiger partial charge in [-0.3, -0.25) is 0 Å². The zero-order valence-electron chi connectivity index (χ0n) is 11.5. The molecule has 0 saturated heterocycles. The van der Waals surface area contributed by atoms with Gasteiger partial charge in [-0.2, -0.15) is 0 Å². The average Bonchev–Trinajstić information content (AvgIpc) is 2.91. The van der Waals surface area contributed by atoms with Gasteiger partial charge in [-0.15, -0.1) is 11.3 Å². The molecule has 0 spiro atoms. The second kappa shape index (κ2) is 6.87. The van der Waals surface area contributed by atoms with Gasteiger partial charge in [0.05, 0.1) is 9.77 Å². The third-order valence-electron chi connectivity index (χ3n) is 2.72. The van der Waals surface area contributed by atoms with E-state index in [1.165, 1.54) is 11.3 Å². The predicted octanol–water partition coefficient (Wildman–Crippen LogP) is 1.88. The van der Waals surface area contributed by atoms with Crippen molar-refractivity contribution in [3.8, 4) is 11.8 Å². The van der Waals surface area contributed by atoms with Gasteiger partial charge < -0.3 is 5.11 Å². The van der Waals surface area contributed by atoms with Crippen LogP contribution in [-0.4, -0.2) is 20.1 Å². The van der Waals surface area contributed by atoms with E-state index in [4.69, 9.17) is 5.11 Å². The number of nitrogens with one attached hydrogen (secondary N) is 1. The van der Waals surface area contributed by atoms with Gasteiger partial charge in [-0.1, -0.05) is 29.5 Å². The van der Waals surface area contributed by atoms with Gasteiger partial charge in [0.2, 0.25) is 10.0 Å². The van der Waals surface area contributed by atoms with Gasteiger partial charge in [-0.05, 0) is 31.2 Å². The highest BCUT2D eigenvalue weighted by Crippen LogP contribution is 2.16. The molecule has 0 radical (unpaired) electrons. The van der Waals surface area contributed by atoms with Gasteiger partial charge >= 0.3 is 0 Å². The molecule has 0 bridgehead atoms. The second-order valence-corrected chi connectivity index (χ2v) is 7.30. The van der Waals surface area contributed by atoms with Crippen LogP contribution in [0.2, 0.25) is 0 Å². The van der Waals surface area contributed by atoms with E-state index in [2.05, 4.69) is 16.6 Å². The van der Waals surface area contributed by atoms with E-state index in [1.54, 1.807) is 24.3 Å². The summed E-state index contributed by atoms with van der Waals surface area (Å²) in [6, 6.07) is 10.3. The highest BCUT2D eigenvalue weighted by atomic mass is 32.2. The third kappa shape index (κ3) is 4.41. The van der Waals surface area contributed by atoms with Crippen molar-refractivity contribution in [2.24, 2.45) is 0 Å². The van der Waals surface area contributed by atoms with Crippen LogP contribution in [0, 0.1) is 18.8 Å². The minimum atomic E-state index is -3.50. The van der Waals surface area contributed by atoms with Crippen molar-refractivity contribution < 1.29 is 13.5 Å². The Balaban J connectivity index is 2.05. The number of aliphatic hydroxyl groups excluding tert-OH is 1. The summed E-state index contributed by atoms with van der Waals surface area (Å²) in [5.74, 6) is 5.35. The summed E-state index contributed by atoms with van der Waals surface area (Å²) < 4.78 is 26.8. The first-order valence-electron chi connectivity index (χ1n) is 6.26. The normalized spacial score (nSPS) is 11.0. The summed E-state index contributed by atoms with van der Waals surface area (Å²) in [7, 11) is -3.50. The summed E-state index contributed by atoms with van der Waals surface area (Å²) in [6.45, 7) is 1.94. The number of aryl methyl sites for hydroxylation is 1. The van der Waals surface area contributed by atoms with Crippen molar-refractivity contribution in [3.05, 3.63) is 51.7 Å². The van der Waals surface area contributed by atoms with Crippen molar-refractivity contribution >= 4 is 21.4 Å². The summed E-state index contributed by atoms with van der Waals surface area (Å²) >= 11 is 1.40. The number of hydrogen-bond donors (Lipinski definition) is 2. The molecule has 0 amide bonds. The lowest BCUT2D eigenvalue weighted by atomic mass is 10.2.